The molecule has 0 heterocycles. The Balaban J connectivity index is 2.86. The van der Waals surface area contributed by atoms with Gasteiger partial charge in [-0.05, 0) is 11.5 Å². The molecule has 2 N–H and O–H groups in total. The largest absolute Gasteiger partial charge is 0.375 e. The molecule has 9 heteroatoms. The Labute approximate surface area is 109 Å². The molecule has 102 valence electrons. The highest BCUT2D eigenvalue weighted by atomic mass is 32.3. The molecule has 2 aromatic rings. The smallest absolute Gasteiger partial charge is 0.268 e. The van der Waals surface area contributed by atoms with E-state index in [1.807, 2.05) is 0 Å². The molecular weight excluding hydrogens is 294 g/mol. The predicted octanol–water partition coefficient (Wildman–Crippen LogP) is 1.25. The number of rotatable bonds is 3. The molecule has 0 spiro atoms. The van der Waals surface area contributed by atoms with Crippen molar-refractivity contribution in [3.05, 3.63) is 42.5 Å². The predicted molar refractivity (Wildman–Crippen MR) is 69.5 cm³/mol. The van der Waals surface area contributed by atoms with E-state index in [2.05, 4.69) is 0 Å². The lowest BCUT2D eigenvalue weighted by molar-refractivity contribution is 0.466. The second-order valence-corrected chi connectivity index (χ2v) is 6.40. The van der Waals surface area contributed by atoms with Gasteiger partial charge in [-0.15, -0.1) is 3.71 Å². The minimum atomic E-state index is -5.17. The van der Waals surface area contributed by atoms with Gasteiger partial charge in [0.1, 0.15) is 0 Å². The van der Waals surface area contributed by atoms with E-state index in [-0.39, 0.29) is 11.1 Å². The van der Waals surface area contributed by atoms with Crippen molar-refractivity contribution >= 4 is 37.1 Å². The molecule has 0 aliphatic carbocycles. The van der Waals surface area contributed by atoms with E-state index in [9.17, 15) is 16.8 Å². The summed E-state index contributed by atoms with van der Waals surface area (Å²) in [4.78, 5) is 0. The number of nitrogens with zero attached hydrogens (tertiary/aromatic N) is 1. The van der Waals surface area contributed by atoms with Crippen molar-refractivity contribution in [2.75, 3.05) is 3.71 Å². The minimum absolute atomic E-state index is 0.250. The summed E-state index contributed by atoms with van der Waals surface area (Å²) in [6, 6.07) is 10.5. The van der Waals surface area contributed by atoms with Crippen LogP contribution in [0.25, 0.3) is 10.8 Å². The summed E-state index contributed by atoms with van der Waals surface area (Å²) >= 11 is 0. The zero-order chi connectivity index (χ0) is 14.3. The van der Waals surface area contributed by atoms with E-state index in [4.69, 9.17) is 9.11 Å². The van der Waals surface area contributed by atoms with Crippen molar-refractivity contribution < 1.29 is 25.9 Å². The molecule has 2 aromatic carbocycles. The van der Waals surface area contributed by atoms with Gasteiger partial charge in [0, 0.05) is 5.39 Å². The van der Waals surface area contributed by atoms with Gasteiger partial charge < -0.3 is 0 Å². The van der Waals surface area contributed by atoms with Crippen LogP contribution in [0.1, 0.15) is 0 Å². The second kappa shape index (κ2) is 4.46. The van der Waals surface area contributed by atoms with Gasteiger partial charge in [-0.3, -0.25) is 9.11 Å². The molecule has 0 atom stereocenters. The summed E-state index contributed by atoms with van der Waals surface area (Å²) in [5.41, 5.74) is -0.358. The molecule has 0 radical (unpaired) electrons. The lowest BCUT2D eigenvalue weighted by Crippen LogP contribution is -2.36. The number of hydrogen-bond donors (Lipinski definition) is 2. The molecule has 7 nitrogen and oxygen atoms in total. The molecule has 0 aliphatic heterocycles. The van der Waals surface area contributed by atoms with Crippen molar-refractivity contribution in [1.82, 2.24) is 0 Å². The maximum Gasteiger partial charge on any atom is 0.375 e. The van der Waals surface area contributed by atoms with Gasteiger partial charge in [0.05, 0.1) is 5.69 Å². The molecule has 0 fully saturated rings. The van der Waals surface area contributed by atoms with Crippen LogP contribution in [0.2, 0.25) is 0 Å². The lowest BCUT2D eigenvalue weighted by Gasteiger charge is -2.18. The maximum atomic E-state index is 11.2. The van der Waals surface area contributed by atoms with Gasteiger partial charge in [-0.25, -0.2) is 0 Å². The van der Waals surface area contributed by atoms with E-state index in [1.165, 1.54) is 12.1 Å². The second-order valence-electron chi connectivity index (χ2n) is 3.65. The average molecular weight is 303 g/mol. The lowest BCUT2D eigenvalue weighted by atomic mass is 10.1. The van der Waals surface area contributed by atoms with Crippen molar-refractivity contribution in [3.8, 4) is 0 Å². The van der Waals surface area contributed by atoms with Crippen LogP contribution in [-0.4, -0.2) is 25.9 Å². The summed E-state index contributed by atoms with van der Waals surface area (Å²) in [7, 11) is -10.3. The first-order valence-electron chi connectivity index (χ1n) is 4.94. The Morgan fingerprint density at radius 2 is 1.32 bits per heavy atom. The Morgan fingerprint density at radius 1 is 0.789 bits per heavy atom. The monoisotopic (exact) mass is 303 g/mol. The Bertz CT molecular complexity index is 791. The molecular formula is C10H9NO6S2. The summed E-state index contributed by atoms with van der Waals surface area (Å²) in [6.45, 7) is 0. The maximum absolute atomic E-state index is 11.2. The first-order valence-corrected chi connectivity index (χ1v) is 7.74. The van der Waals surface area contributed by atoms with E-state index in [0.717, 1.165) is 6.07 Å². The van der Waals surface area contributed by atoms with Gasteiger partial charge in [0.2, 0.25) is 0 Å². The molecule has 19 heavy (non-hydrogen) atoms. The summed E-state index contributed by atoms with van der Waals surface area (Å²) in [5, 5.41) is 0.803. The van der Waals surface area contributed by atoms with Crippen molar-refractivity contribution in [2.24, 2.45) is 0 Å². The molecule has 0 unspecified atom stereocenters. The first kappa shape index (κ1) is 13.7. The third kappa shape index (κ3) is 2.68. The summed E-state index contributed by atoms with van der Waals surface area (Å²) in [5.74, 6) is 0. The number of fused-ring (bicyclic) bond motifs is 1. The number of anilines is 1. The highest BCUT2D eigenvalue weighted by Crippen LogP contribution is 2.29. The normalized spacial score (nSPS) is 12.5. The highest BCUT2D eigenvalue weighted by molar-refractivity contribution is 8.05. The SMILES string of the molecule is O=S(=O)(O)N(c1cccc2ccccc12)S(=O)(=O)O. The Kier molecular flexibility index (Phi) is 3.22. The zero-order valence-electron chi connectivity index (χ0n) is 9.33. The Hall–Kier alpha value is -1.68. The van der Waals surface area contributed by atoms with Crippen LogP contribution in [0.15, 0.2) is 42.5 Å². The van der Waals surface area contributed by atoms with E-state index in [1.54, 1.807) is 24.3 Å². The summed E-state index contributed by atoms with van der Waals surface area (Å²) in [6.07, 6.45) is 0. The van der Waals surface area contributed by atoms with Crippen molar-refractivity contribution in [3.63, 3.8) is 0 Å². The molecule has 0 saturated carbocycles. The van der Waals surface area contributed by atoms with Crippen molar-refractivity contribution in [2.45, 2.75) is 0 Å². The number of hydrogen-bond acceptors (Lipinski definition) is 4. The van der Waals surface area contributed by atoms with Crippen LogP contribution in [0.5, 0.6) is 0 Å². The number of benzene rings is 2. The zero-order valence-corrected chi connectivity index (χ0v) is 11.0. The van der Waals surface area contributed by atoms with Crippen LogP contribution < -0.4 is 3.71 Å². The molecule has 0 amide bonds. The molecule has 0 aromatic heterocycles. The minimum Gasteiger partial charge on any atom is -0.268 e. The van der Waals surface area contributed by atoms with Gasteiger partial charge >= 0.3 is 20.6 Å². The van der Waals surface area contributed by atoms with Crippen LogP contribution >= 0.6 is 0 Å². The van der Waals surface area contributed by atoms with Gasteiger partial charge in [0.25, 0.3) is 0 Å². The highest BCUT2D eigenvalue weighted by Gasteiger charge is 2.32. The Morgan fingerprint density at radius 3 is 1.89 bits per heavy atom. The van der Waals surface area contributed by atoms with E-state index in [0.29, 0.717) is 5.39 Å². The average Bonchev–Trinajstić information content (AvgIpc) is 2.25. The van der Waals surface area contributed by atoms with Crippen LogP contribution in [0.4, 0.5) is 5.69 Å². The van der Waals surface area contributed by atoms with Gasteiger partial charge in [-0.1, -0.05) is 36.4 Å². The topological polar surface area (TPSA) is 112 Å². The molecule has 0 saturated heterocycles. The standard InChI is InChI=1S/C10H9NO6S2/c12-18(13,14)11(19(15,16)17)10-7-3-5-8-4-1-2-6-9(8)10/h1-7H,(H,12,13,14)(H,15,16,17). The molecule has 0 bridgehead atoms. The van der Waals surface area contributed by atoms with E-state index < -0.39 is 24.3 Å². The first-order chi connectivity index (χ1) is 8.71. The molecule has 2 rings (SSSR count). The fourth-order valence-corrected chi connectivity index (χ4v) is 3.50. The van der Waals surface area contributed by atoms with Crippen molar-refractivity contribution in [1.29, 1.82) is 0 Å². The van der Waals surface area contributed by atoms with Gasteiger partial charge in [-0.2, -0.15) is 16.8 Å². The quantitative estimate of drug-likeness (QED) is 0.825. The van der Waals surface area contributed by atoms with Crippen LogP contribution in [0.3, 0.4) is 0 Å². The van der Waals surface area contributed by atoms with Crippen LogP contribution in [0, 0.1) is 0 Å². The fourth-order valence-electron chi connectivity index (χ4n) is 1.74. The van der Waals surface area contributed by atoms with Gasteiger partial charge in [0.15, 0.2) is 0 Å². The third-order valence-electron chi connectivity index (χ3n) is 2.38. The molecule has 0 aliphatic rings. The van der Waals surface area contributed by atoms with Crippen LogP contribution in [-0.2, 0) is 20.6 Å². The third-order valence-corrected chi connectivity index (χ3v) is 4.74. The van der Waals surface area contributed by atoms with E-state index >= 15 is 0 Å². The summed E-state index contributed by atoms with van der Waals surface area (Å²) < 4.78 is 62.2. The fraction of sp³-hybridized carbons (Fsp3) is 0.